The van der Waals surface area contributed by atoms with Crippen LogP contribution in [-0.4, -0.2) is 0 Å². The zero-order valence-corrected chi connectivity index (χ0v) is 36.0. The van der Waals surface area contributed by atoms with Crippen molar-refractivity contribution in [2.45, 2.75) is 66.2 Å². The molecule has 0 spiro atoms. The van der Waals surface area contributed by atoms with E-state index < -0.39 is 0 Å². The van der Waals surface area contributed by atoms with E-state index in [1.54, 1.807) is 0 Å². The number of hydrogen-bond donors (Lipinski definition) is 0. The van der Waals surface area contributed by atoms with Gasteiger partial charge in [-0.15, -0.1) is 0 Å². The summed E-state index contributed by atoms with van der Waals surface area (Å²) in [6, 6.07) is 60.3. The molecule has 0 amide bonds. The fraction of sp³-hybridized carbons (Fsp3) is 0.167. The van der Waals surface area contributed by atoms with Crippen LogP contribution in [0.3, 0.4) is 0 Å². The second-order valence-corrected chi connectivity index (χ2v) is 19.3. The Hall–Kier alpha value is -6.50. The summed E-state index contributed by atoms with van der Waals surface area (Å²) in [7, 11) is 0. The number of rotatable bonds is 4. The molecule has 0 bridgehead atoms. The third-order valence-corrected chi connectivity index (χ3v) is 13.6. The van der Waals surface area contributed by atoms with E-state index in [1.807, 2.05) is 0 Å². The molecule has 0 atom stereocenters. The van der Waals surface area contributed by atoms with E-state index in [-0.39, 0.29) is 10.8 Å². The Morgan fingerprint density at radius 3 is 1.02 bits per heavy atom. The molecule has 0 nitrogen and oxygen atoms in total. The van der Waals surface area contributed by atoms with Crippen molar-refractivity contribution >= 4 is 21.5 Å². The molecule has 60 heavy (non-hydrogen) atoms. The fourth-order valence-electron chi connectivity index (χ4n) is 10.5. The van der Waals surface area contributed by atoms with Crippen molar-refractivity contribution < 1.29 is 0 Å². The highest BCUT2D eigenvalue weighted by Crippen LogP contribution is 2.63. The summed E-state index contributed by atoms with van der Waals surface area (Å²) in [6.45, 7) is 18.4. The average Bonchev–Trinajstić information content (AvgIpc) is 3.75. The van der Waals surface area contributed by atoms with Crippen molar-refractivity contribution in [3.8, 4) is 89.0 Å². The predicted octanol–water partition coefficient (Wildman–Crippen LogP) is 17.2. The van der Waals surface area contributed by atoms with E-state index in [0.29, 0.717) is 0 Å². The maximum Gasteiger partial charge on any atom is -0.000730 e. The third-order valence-electron chi connectivity index (χ3n) is 13.6. The quantitative estimate of drug-likeness (QED) is 0.167. The van der Waals surface area contributed by atoms with Gasteiger partial charge in [-0.05, 0) is 157 Å². The van der Waals surface area contributed by atoms with Gasteiger partial charge in [0.2, 0.25) is 0 Å². The standard InChI is InChI=1S/C60H50/c1-35-17-9-11-23-41(35)51-45-25-13-14-26-46(45)52(42-24-12-10-18-36(42)2)58-50-32-30-48-54-44(38-20-16-22-40(34-38)60(6,7)8)28-27-43(37-19-15-21-39(33-37)59(3,4)5)53(54)47-29-31-49(57(51)58)56(50)55(47)48/h9-34H,1-8H3. The highest BCUT2D eigenvalue weighted by molar-refractivity contribution is 6.33. The maximum absolute atomic E-state index is 2.46. The second kappa shape index (κ2) is 13.0. The van der Waals surface area contributed by atoms with Crippen LogP contribution in [0.4, 0.5) is 0 Å². The molecule has 0 radical (unpaired) electrons. The van der Waals surface area contributed by atoms with E-state index in [1.165, 1.54) is 133 Å². The fourth-order valence-corrected chi connectivity index (χ4v) is 10.5. The van der Waals surface area contributed by atoms with Gasteiger partial charge < -0.3 is 0 Å². The van der Waals surface area contributed by atoms with Gasteiger partial charge in [0, 0.05) is 0 Å². The first-order chi connectivity index (χ1) is 28.9. The Labute approximate surface area is 355 Å². The second-order valence-electron chi connectivity index (χ2n) is 19.3. The minimum atomic E-state index is 0.0387. The van der Waals surface area contributed by atoms with Crippen LogP contribution in [0.2, 0.25) is 0 Å². The minimum Gasteiger partial charge on any atom is -0.0620 e. The summed E-state index contributed by atoms with van der Waals surface area (Å²) in [5, 5.41) is 5.35. The van der Waals surface area contributed by atoms with Crippen LogP contribution < -0.4 is 0 Å². The van der Waals surface area contributed by atoms with Crippen molar-refractivity contribution in [3.05, 3.63) is 180 Å². The number of hydrogen-bond acceptors (Lipinski definition) is 0. The first-order valence-electron chi connectivity index (χ1n) is 21.6. The molecule has 0 heteroatoms. The smallest absolute Gasteiger partial charge is 0.000730 e. The molecular formula is C60H50. The van der Waals surface area contributed by atoms with Crippen LogP contribution in [-0.2, 0) is 10.8 Å². The average molecular weight is 771 g/mol. The first kappa shape index (κ1) is 36.6. The molecule has 0 saturated carbocycles. The zero-order valence-electron chi connectivity index (χ0n) is 36.0. The normalized spacial score (nSPS) is 12.7. The largest absolute Gasteiger partial charge is 0.0620 e. The summed E-state index contributed by atoms with van der Waals surface area (Å²) in [4.78, 5) is 0. The van der Waals surface area contributed by atoms with E-state index in [9.17, 15) is 0 Å². The van der Waals surface area contributed by atoms with Crippen molar-refractivity contribution in [3.63, 3.8) is 0 Å². The Bertz CT molecular complexity index is 3070. The molecule has 0 saturated heterocycles. The monoisotopic (exact) mass is 770 g/mol. The third kappa shape index (κ3) is 5.29. The van der Waals surface area contributed by atoms with Crippen molar-refractivity contribution in [1.82, 2.24) is 0 Å². The molecule has 0 unspecified atom stereocenters. The zero-order chi connectivity index (χ0) is 41.2. The maximum atomic E-state index is 2.46. The summed E-state index contributed by atoms with van der Waals surface area (Å²) in [5.41, 5.74) is 26.5. The van der Waals surface area contributed by atoms with Gasteiger partial charge in [0.15, 0.2) is 0 Å². The van der Waals surface area contributed by atoms with Crippen LogP contribution >= 0.6 is 0 Å². The van der Waals surface area contributed by atoms with Crippen molar-refractivity contribution in [2.75, 3.05) is 0 Å². The van der Waals surface area contributed by atoms with Gasteiger partial charge in [-0.1, -0.05) is 199 Å². The van der Waals surface area contributed by atoms with E-state index >= 15 is 0 Å². The van der Waals surface area contributed by atoms with Crippen LogP contribution in [0.15, 0.2) is 158 Å². The van der Waals surface area contributed by atoms with Gasteiger partial charge >= 0.3 is 0 Å². The molecular weight excluding hydrogens is 721 g/mol. The summed E-state index contributed by atoms with van der Waals surface area (Å²) < 4.78 is 0. The van der Waals surface area contributed by atoms with E-state index in [2.05, 4.69) is 213 Å². The number of aryl methyl sites for hydroxylation is 2. The highest BCUT2D eigenvalue weighted by Gasteiger charge is 2.36. The predicted molar refractivity (Wildman–Crippen MR) is 259 cm³/mol. The summed E-state index contributed by atoms with van der Waals surface area (Å²) >= 11 is 0. The van der Waals surface area contributed by atoms with Crippen LogP contribution in [0.1, 0.15) is 63.8 Å². The minimum absolute atomic E-state index is 0.0387. The Balaban J connectivity index is 1.28. The molecule has 0 fully saturated rings. The lowest BCUT2D eigenvalue weighted by Crippen LogP contribution is -2.11. The van der Waals surface area contributed by atoms with Crippen LogP contribution in [0.25, 0.3) is 111 Å². The van der Waals surface area contributed by atoms with E-state index in [0.717, 1.165) is 0 Å². The molecule has 0 aromatic heterocycles. The van der Waals surface area contributed by atoms with Crippen LogP contribution in [0, 0.1) is 13.8 Å². The summed E-state index contributed by atoms with van der Waals surface area (Å²) in [5.74, 6) is 0. The van der Waals surface area contributed by atoms with Gasteiger partial charge in [0.1, 0.15) is 0 Å². The SMILES string of the molecule is Cc1ccccc1-c1c2c(c(-c3ccccc3C)c3ccccc13)-c1ccc3c4c(ccc-2c14)-c1c(-c2cccc(C(C)(C)C)c2)ccc(-c2cccc(C(C)(C)C)c2)c1-3. The van der Waals surface area contributed by atoms with Crippen molar-refractivity contribution in [1.29, 1.82) is 0 Å². The Kier molecular flexibility index (Phi) is 7.92. The lowest BCUT2D eigenvalue weighted by atomic mass is 9.81. The molecule has 2 aliphatic rings. The van der Waals surface area contributed by atoms with Crippen LogP contribution in [0.5, 0.6) is 0 Å². The number of benzene rings is 9. The van der Waals surface area contributed by atoms with Gasteiger partial charge in [0.05, 0.1) is 0 Å². The molecule has 2 aliphatic carbocycles. The molecule has 290 valence electrons. The lowest BCUT2D eigenvalue weighted by molar-refractivity contribution is 0.590. The topological polar surface area (TPSA) is 0 Å². The highest BCUT2D eigenvalue weighted by atomic mass is 14.4. The Morgan fingerprint density at radius 2 is 0.633 bits per heavy atom. The Morgan fingerprint density at radius 1 is 0.283 bits per heavy atom. The van der Waals surface area contributed by atoms with Gasteiger partial charge in [0.25, 0.3) is 0 Å². The van der Waals surface area contributed by atoms with E-state index in [4.69, 9.17) is 0 Å². The molecule has 0 N–H and O–H groups in total. The molecule has 11 rings (SSSR count). The van der Waals surface area contributed by atoms with Gasteiger partial charge in [-0.25, -0.2) is 0 Å². The van der Waals surface area contributed by atoms with Crippen molar-refractivity contribution in [2.24, 2.45) is 0 Å². The lowest BCUT2D eigenvalue weighted by Gasteiger charge is -2.22. The van der Waals surface area contributed by atoms with Gasteiger partial charge in [-0.3, -0.25) is 0 Å². The van der Waals surface area contributed by atoms with Gasteiger partial charge in [-0.2, -0.15) is 0 Å². The molecule has 9 aromatic rings. The summed E-state index contributed by atoms with van der Waals surface area (Å²) in [6.07, 6.45) is 0. The molecule has 9 aromatic carbocycles. The molecule has 0 heterocycles. The molecule has 0 aliphatic heterocycles. The number of fused-ring (bicyclic) bond motifs is 7. The first-order valence-corrected chi connectivity index (χ1v) is 21.6.